The van der Waals surface area contributed by atoms with Crippen molar-refractivity contribution >= 4 is 17.6 Å². The molecule has 0 unspecified atom stereocenters. The highest BCUT2D eigenvalue weighted by Gasteiger charge is 2.21. The molecule has 0 radical (unpaired) electrons. The number of amides is 1. The third kappa shape index (κ3) is 3.36. The van der Waals surface area contributed by atoms with Crippen molar-refractivity contribution in [2.24, 2.45) is 7.05 Å². The van der Waals surface area contributed by atoms with Crippen LogP contribution >= 0.6 is 0 Å². The lowest BCUT2D eigenvalue weighted by molar-refractivity contribution is -0.123. The maximum absolute atomic E-state index is 12.2. The molecule has 22 heavy (non-hydrogen) atoms. The number of aryl methyl sites for hydroxylation is 3. The van der Waals surface area contributed by atoms with E-state index in [4.69, 9.17) is 4.74 Å². The lowest BCUT2D eigenvalue weighted by atomic mass is 10.1. The molecule has 0 saturated heterocycles. The van der Waals surface area contributed by atoms with Crippen LogP contribution in [0.2, 0.25) is 0 Å². The van der Waals surface area contributed by atoms with Gasteiger partial charge in [0.05, 0.1) is 0 Å². The van der Waals surface area contributed by atoms with Crippen LogP contribution in [0.3, 0.4) is 0 Å². The minimum atomic E-state index is -0.874. The van der Waals surface area contributed by atoms with E-state index in [-0.39, 0.29) is 5.91 Å². The van der Waals surface area contributed by atoms with Crippen molar-refractivity contribution in [3.05, 3.63) is 53.3 Å². The van der Waals surface area contributed by atoms with Gasteiger partial charge >= 0.3 is 5.97 Å². The Balaban J connectivity index is 2.04. The lowest BCUT2D eigenvalue weighted by Gasteiger charge is -2.16. The van der Waals surface area contributed by atoms with Gasteiger partial charge in [-0.2, -0.15) is 0 Å². The number of carbonyl (C=O) groups excluding carboxylic acids is 2. The van der Waals surface area contributed by atoms with Crippen LogP contribution in [0.25, 0.3) is 0 Å². The standard InChI is InChI=1S/C17H20N2O3/c1-11-7-5-8-12(2)15(11)18-16(20)13(3)22-17(21)14-9-6-10-19(14)4/h5-10,13H,1-4H3,(H,18,20)/t13-/m0/s1. The summed E-state index contributed by atoms with van der Waals surface area (Å²) < 4.78 is 6.87. The number of rotatable bonds is 4. The Kier molecular flexibility index (Phi) is 4.65. The molecule has 5 heteroatoms. The van der Waals surface area contributed by atoms with E-state index < -0.39 is 12.1 Å². The second kappa shape index (κ2) is 6.47. The van der Waals surface area contributed by atoms with Crippen LogP contribution in [0.5, 0.6) is 0 Å². The van der Waals surface area contributed by atoms with Gasteiger partial charge in [0.2, 0.25) is 0 Å². The van der Waals surface area contributed by atoms with Gasteiger partial charge in [0.15, 0.2) is 6.10 Å². The van der Waals surface area contributed by atoms with Gasteiger partial charge in [0.1, 0.15) is 5.69 Å². The van der Waals surface area contributed by atoms with Gasteiger partial charge in [-0.05, 0) is 44.0 Å². The molecule has 0 aliphatic carbocycles. The van der Waals surface area contributed by atoms with Crippen LogP contribution < -0.4 is 5.32 Å². The Morgan fingerprint density at radius 2 is 1.77 bits per heavy atom. The maximum Gasteiger partial charge on any atom is 0.355 e. The third-order valence-corrected chi connectivity index (χ3v) is 3.54. The number of esters is 1. The Morgan fingerprint density at radius 1 is 1.14 bits per heavy atom. The number of anilines is 1. The highest BCUT2D eigenvalue weighted by molar-refractivity contribution is 5.97. The van der Waals surface area contributed by atoms with E-state index in [1.54, 1.807) is 36.9 Å². The van der Waals surface area contributed by atoms with Gasteiger partial charge in [-0.15, -0.1) is 0 Å². The third-order valence-electron chi connectivity index (χ3n) is 3.54. The second-order valence-corrected chi connectivity index (χ2v) is 5.31. The molecular weight excluding hydrogens is 280 g/mol. The Hall–Kier alpha value is -2.56. The zero-order chi connectivity index (χ0) is 16.3. The number of ether oxygens (including phenoxy) is 1. The molecule has 1 amide bonds. The van der Waals surface area contributed by atoms with Crippen molar-refractivity contribution < 1.29 is 14.3 Å². The van der Waals surface area contributed by atoms with Crippen molar-refractivity contribution in [2.75, 3.05) is 5.32 Å². The first-order valence-corrected chi connectivity index (χ1v) is 7.09. The SMILES string of the molecule is Cc1cccc(C)c1NC(=O)[C@H](C)OC(=O)c1cccn1C. The zero-order valence-corrected chi connectivity index (χ0v) is 13.2. The lowest BCUT2D eigenvalue weighted by Crippen LogP contribution is -2.31. The maximum atomic E-state index is 12.2. The van der Waals surface area contributed by atoms with Gasteiger partial charge < -0.3 is 14.6 Å². The van der Waals surface area contributed by atoms with Crippen LogP contribution in [-0.2, 0) is 16.6 Å². The van der Waals surface area contributed by atoms with E-state index in [1.165, 1.54) is 0 Å². The molecule has 1 atom stereocenters. The molecule has 0 saturated carbocycles. The molecule has 1 N–H and O–H groups in total. The highest BCUT2D eigenvalue weighted by atomic mass is 16.5. The number of nitrogens with zero attached hydrogens (tertiary/aromatic N) is 1. The van der Waals surface area contributed by atoms with Crippen molar-refractivity contribution in [2.45, 2.75) is 26.9 Å². The normalized spacial score (nSPS) is 11.8. The smallest absolute Gasteiger partial charge is 0.355 e. The van der Waals surface area contributed by atoms with Crippen LogP contribution in [0.4, 0.5) is 5.69 Å². The van der Waals surface area contributed by atoms with Gasteiger partial charge in [-0.3, -0.25) is 4.79 Å². The summed E-state index contributed by atoms with van der Waals surface area (Å²) in [5.41, 5.74) is 3.10. The summed E-state index contributed by atoms with van der Waals surface area (Å²) in [6.07, 6.45) is 0.874. The van der Waals surface area contributed by atoms with Crippen LogP contribution in [0, 0.1) is 13.8 Å². The van der Waals surface area contributed by atoms with Gasteiger partial charge in [0.25, 0.3) is 5.91 Å². The number of hydrogen-bond donors (Lipinski definition) is 1. The molecule has 2 rings (SSSR count). The summed E-state index contributed by atoms with van der Waals surface area (Å²) in [6.45, 7) is 5.40. The molecule has 0 bridgehead atoms. The minimum absolute atomic E-state index is 0.347. The first kappa shape index (κ1) is 15.8. The van der Waals surface area contributed by atoms with Crippen molar-refractivity contribution in [3.8, 4) is 0 Å². The van der Waals surface area contributed by atoms with Crippen molar-refractivity contribution in [3.63, 3.8) is 0 Å². The van der Waals surface area contributed by atoms with E-state index in [0.717, 1.165) is 16.8 Å². The fraction of sp³-hybridized carbons (Fsp3) is 0.294. The first-order valence-electron chi connectivity index (χ1n) is 7.09. The zero-order valence-electron chi connectivity index (χ0n) is 13.2. The van der Waals surface area contributed by atoms with Crippen molar-refractivity contribution in [1.29, 1.82) is 0 Å². The number of benzene rings is 1. The number of aromatic nitrogens is 1. The molecule has 5 nitrogen and oxygen atoms in total. The topological polar surface area (TPSA) is 60.3 Å². The number of hydrogen-bond acceptors (Lipinski definition) is 3. The molecule has 1 heterocycles. The quantitative estimate of drug-likeness (QED) is 0.883. The van der Waals surface area contributed by atoms with Gasteiger partial charge in [-0.1, -0.05) is 18.2 Å². The van der Waals surface area contributed by atoms with Crippen molar-refractivity contribution in [1.82, 2.24) is 4.57 Å². The summed E-state index contributed by atoms with van der Waals surface area (Å²) in [6, 6.07) is 9.17. The van der Waals surface area contributed by atoms with E-state index in [1.807, 2.05) is 32.0 Å². The van der Waals surface area contributed by atoms with E-state index >= 15 is 0 Å². The van der Waals surface area contributed by atoms with E-state index in [2.05, 4.69) is 5.32 Å². The molecule has 0 aliphatic heterocycles. The Labute approximate surface area is 129 Å². The number of para-hydroxylation sites is 1. The fourth-order valence-electron chi connectivity index (χ4n) is 2.18. The van der Waals surface area contributed by atoms with E-state index in [0.29, 0.717) is 5.69 Å². The summed E-state index contributed by atoms with van der Waals surface area (Å²) >= 11 is 0. The van der Waals surface area contributed by atoms with Crippen LogP contribution in [0.15, 0.2) is 36.5 Å². The Bertz CT molecular complexity index is 683. The molecule has 1 aromatic carbocycles. The van der Waals surface area contributed by atoms with E-state index in [9.17, 15) is 9.59 Å². The van der Waals surface area contributed by atoms with Crippen LogP contribution in [-0.4, -0.2) is 22.5 Å². The van der Waals surface area contributed by atoms with Gasteiger partial charge in [-0.25, -0.2) is 4.79 Å². The number of nitrogens with one attached hydrogen (secondary N) is 1. The molecular formula is C17H20N2O3. The largest absolute Gasteiger partial charge is 0.448 e. The monoisotopic (exact) mass is 300 g/mol. The molecule has 0 aliphatic rings. The molecule has 1 aromatic heterocycles. The van der Waals surface area contributed by atoms with Crippen LogP contribution in [0.1, 0.15) is 28.5 Å². The fourth-order valence-corrected chi connectivity index (χ4v) is 2.18. The summed E-state index contributed by atoms with van der Waals surface area (Å²) in [5, 5.41) is 2.82. The van der Waals surface area contributed by atoms with Gasteiger partial charge in [0, 0.05) is 18.9 Å². The molecule has 0 fully saturated rings. The average Bonchev–Trinajstić information content (AvgIpc) is 2.89. The molecule has 116 valence electrons. The second-order valence-electron chi connectivity index (χ2n) is 5.31. The minimum Gasteiger partial charge on any atom is -0.448 e. The summed E-state index contributed by atoms with van der Waals surface area (Å²) in [7, 11) is 1.75. The first-order chi connectivity index (χ1) is 10.4. The predicted molar refractivity (Wildman–Crippen MR) is 84.8 cm³/mol. The predicted octanol–water partition coefficient (Wildman–Crippen LogP) is 2.83. The molecule has 2 aromatic rings. The summed E-state index contributed by atoms with van der Waals surface area (Å²) in [4.78, 5) is 24.2. The molecule has 0 spiro atoms. The summed E-state index contributed by atoms with van der Waals surface area (Å²) in [5.74, 6) is -0.864. The average molecular weight is 300 g/mol. The number of carbonyl (C=O) groups is 2. The highest BCUT2D eigenvalue weighted by Crippen LogP contribution is 2.20. The Morgan fingerprint density at radius 3 is 2.32 bits per heavy atom.